The van der Waals surface area contributed by atoms with Crippen molar-refractivity contribution in [1.82, 2.24) is 24.1 Å². The van der Waals surface area contributed by atoms with Gasteiger partial charge in [-0.15, -0.1) is 0 Å². The topological polar surface area (TPSA) is 195 Å². The summed E-state index contributed by atoms with van der Waals surface area (Å²) in [4.78, 5) is 65.7. The number of piperazine rings is 1. The van der Waals surface area contributed by atoms with Gasteiger partial charge in [-0.1, -0.05) is 0 Å². The molecule has 16 nitrogen and oxygen atoms in total. The molecule has 1 aromatic heterocycles. The lowest BCUT2D eigenvalue weighted by Crippen LogP contribution is -2.53. The van der Waals surface area contributed by atoms with Crippen molar-refractivity contribution >= 4 is 72.7 Å². The first kappa shape index (κ1) is 33.9. The first-order valence-corrected chi connectivity index (χ1v) is 17.4. The van der Waals surface area contributed by atoms with Gasteiger partial charge >= 0.3 is 15.9 Å². The van der Waals surface area contributed by atoms with Crippen LogP contribution in [0.1, 0.15) is 25.8 Å². The number of anilines is 3. The summed E-state index contributed by atoms with van der Waals surface area (Å²) in [6.45, 7) is 2.29. The largest absolute Gasteiger partial charge is 0.506 e. The predicted octanol–water partition coefficient (Wildman–Crippen LogP) is 0.785. The molecule has 3 aromatic carbocycles. The van der Waals surface area contributed by atoms with E-state index >= 15 is 8.78 Å². The maximum absolute atomic E-state index is 15.7. The van der Waals surface area contributed by atoms with Crippen molar-refractivity contribution in [2.75, 3.05) is 47.2 Å². The van der Waals surface area contributed by atoms with Crippen LogP contribution in [-0.4, -0.2) is 90.0 Å². The van der Waals surface area contributed by atoms with Gasteiger partial charge in [0.15, 0.2) is 5.82 Å². The number of hydrogen-bond acceptors (Lipinski definition) is 10. The molecule has 19 heteroatoms. The molecular weight excluding hydrogens is 694 g/mol. The van der Waals surface area contributed by atoms with Crippen molar-refractivity contribution < 1.29 is 41.5 Å². The number of imide groups is 1. The number of carbonyl (C=O) groups excluding carboxylic acids is 4. The number of phenolic OH excluding ortho intramolecular Hbond substituents is 1. The quantitative estimate of drug-likeness (QED) is 0.206. The molecule has 3 saturated heterocycles. The van der Waals surface area contributed by atoms with Crippen LogP contribution in [0.15, 0.2) is 41.2 Å². The number of carbonyl (C=O) groups is 4. The number of aromatic nitrogens is 2. The number of hydrogen-bond donors (Lipinski definition) is 4. The molecule has 3 aliphatic rings. The fourth-order valence-electron chi connectivity index (χ4n) is 7.06. The van der Waals surface area contributed by atoms with Gasteiger partial charge < -0.3 is 15.3 Å². The standard InChI is InChI=1S/C32H32F2N8O8S/c1-16-13-39(7-8-40(16)22-12-23-24(11-20(22)33)42(32(48)38(23)2)21-5-6-26(44)36-31(21)47)14-27(45)35-18-3-4-19-17(9-18)10-25(43)30(29(19)34)41-15-28(46)37-51(41,49)50/h3-4,9-12,16,21,43H,5-8,13-15H2,1-2H3,(H,35,45)(H,37,46)(H,36,44,47)/t16-,21?/m1/s1. The average Bonchev–Trinajstić information content (AvgIpc) is 3.45. The number of fused-ring (bicyclic) bond motifs is 2. The fraction of sp³-hybridized carbons (Fsp3) is 0.344. The van der Waals surface area contributed by atoms with Crippen LogP contribution in [-0.2, 0) is 36.4 Å². The predicted molar refractivity (Wildman–Crippen MR) is 180 cm³/mol. The minimum absolute atomic E-state index is 0.0204. The second-order valence-electron chi connectivity index (χ2n) is 12.8. The molecule has 1 unspecified atom stereocenters. The summed E-state index contributed by atoms with van der Waals surface area (Å²) < 4.78 is 60.3. The molecule has 7 rings (SSSR count). The lowest BCUT2D eigenvalue weighted by atomic mass is 10.1. The van der Waals surface area contributed by atoms with Gasteiger partial charge in [0, 0.05) is 56.3 Å². The van der Waals surface area contributed by atoms with E-state index in [-0.39, 0.29) is 53.3 Å². The number of nitrogens with zero attached hydrogens (tertiary/aromatic N) is 5. The van der Waals surface area contributed by atoms with Gasteiger partial charge in [0.2, 0.25) is 17.7 Å². The third-order valence-corrected chi connectivity index (χ3v) is 10.8. The Kier molecular flexibility index (Phi) is 8.21. The molecule has 0 radical (unpaired) electrons. The van der Waals surface area contributed by atoms with Crippen molar-refractivity contribution in [3.8, 4) is 5.75 Å². The average molecular weight is 727 g/mol. The van der Waals surface area contributed by atoms with Crippen LogP contribution in [0, 0.1) is 11.6 Å². The Bertz CT molecular complexity index is 2360. The van der Waals surface area contributed by atoms with Gasteiger partial charge in [0.1, 0.15) is 29.8 Å². The van der Waals surface area contributed by atoms with Crippen molar-refractivity contribution in [2.45, 2.75) is 31.8 Å². The zero-order valence-electron chi connectivity index (χ0n) is 27.3. The molecule has 4 aromatic rings. The molecule has 3 aliphatic heterocycles. The van der Waals surface area contributed by atoms with Crippen LogP contribution in [0.4, 0.5) is 25.8 Å². The summed E-state index contributed by atoms with van der Waals surface area (Å²) in [7, 11) is -2.84. The number of phenols is 1. The first-order chi connectivity index (χ1) is 24.1. The van der Waals surface area contributed by atoms with Crippen LogP contribution < -0.4 is 30.3 Å². The molecule has 4 N–H and O–H groups in total. The second kappa shape index (κ2) is 12.3. The van der Waals surface area contributed by atoms with Crippen molar-refractivity contribution in [3.05, 3.63) is 58.5 Å². The number of aromatic hydroxyl groups is 1. The van der Waals surface area contributed by atoms with Crippen LogP contribution in [0.25, 0.3) is 21.8 Å². The Hall–Kier alpha value is -5.56. The van der Waals surface area contributed by atoms with E-state index in [9.17, 15) is 37.5 Å². The highest BCUT2D eigenvalue weighted by Gasteiger charge is 2.38. The Morgan fingerprint density at radius 2 is 1.80 bits per heavy atom. The summed E-state index contributed by atoms with van der Waals surface area (Å²) >= 11 is 0. The van der Waals surface area contributed by atoms with Crippen LogP contribution in [0.3, 0.4) is 0 Å². The van der Waals surface area contributed by atoms with Crippen LogP contribution in [0.5, 0.6) is 5.75 Å². The minimum Gasteiger partial charge on any atom is -0.506 e. The van der Waals surface area contributed by atoms with Gasteiger partial charge in [-0.05, 0) is 49.1 Å². The van der Waals surface area contributed by atoms with Crippen molar-refractivity contribution in [1.29, 1.82) is 0 Å². The van der Waals surface area contributed by atoms with Gasteiger partial charge in [0.25, 0.3) is 5.91 Å². The molecule has 2 atom stereocenters. The third-order valence-electron chi connectivity index (χ3n) is 9.45. The summed E-state index contributed by atoms with van der Waals surface area (Å²) in [6.07, 6.45) is 0.184. The van der Waals surface area contributed by atoms with E-state index in [4.69, 9.17) is 0 Å². The molecule has 51 heavy (non-hydrogen) atoms. The molecule has 0 bridgehead atoms. The number of amides is 4. The summed E-state index contributed by atoms with van der Waals surface area (Å²) in [5.41, 5.74) is 0.0348. The van der Waals surface area contributed by atoms with E-state index in [1.165, 1.54) is 40.4 Å². The highest BCUT2D eigenvalue weighted by Crippen LogP contribution is 2.39. The SMILES string of the molecule is C[C@@H]1CN(CC(=O)Nc2ccc3c(F)c(N4CC(=O)NS4(=O)=O)c(O)cc3c2)CCN1c1cc2c(cc1F)n(C1CCC(=O)NC1=O)c(=O)n2C. The Morgan fingerprint density at radius 3 is 2.49 bits per heavy atom. The van der Waals surface area contributed by atoms with Crippen molar-refractivity contribution in [3.63, 3.8) is 0 Å². The van der Waals surface area contributed by atoms with E-state index in [1.807, 2.05) is 16.7 Å². The van der Waals surface area contributed by atoms with Gasteiger partial charge in [-0.25, -0.2) is 22.6 Å². The smallest absolute Gasteiger partial charge is 0.329 e. The van der Waals surface area contributed by atoms with Crippen LogP contribution >= 0.6 is 0 Å². The number of aryl methyl sites for hydroxylation is 1. The second-order valence-corrected chi connectivity index (χ2v) is 14.4. The third kappa shape index (κ3) is 5.90. The Balaban J connectivity index is 1.03. The molecule has 0 saturated carbocycles. The lowest BCUT2D eigenvalue weighted by Gasteiger charge is -2.41. The summed E-state index contributed by atoms with van der Waals surface area (Å²) in [5.74, 6) is -4.66. The zero-order valence-corrected chi connectivity index (χ0v) is 28.1. The van der Waals surface area contributed by atoms with E-state index in [1.54, 1.807) is 10.8 Å². The van der Waals surface area contributed by atoms with Crippen molar-refractivity contribution in [2.24, 2.45) is 7.05 Å². The molecule has 0 aliphatic carbocycles. The first-order valence-electron chi connectivity index (χ1n) is 15.9. The maximum atomic E-state index is 15.7. The lowest BCUT2D eigenvalue weighted by molar-refractivity contribution is -0.135. The number of nitrogens with one attached hydrogen (secondary N) is 3. The molecule has 0 spiro atoms. The highest BCUT2D eigenvalue weighted by atomic mass is 32.2. The van der Waals surface area contributed by atoms with Gasteiger partial charge in [-0.3, -0.25) is 38.5 Å². The molecular formula is C32H32F2N8O8S. The fourth-order valence-corrected chi connectivity index (χ4v) is 8.22. The molecule has 4 amide bonds. The number of piperidine rings is 1. The summed E-state index contributed by atoms with van der Waals surface area (Å²) in [5, 5.41) is 15.6. The minimum atomic E-state index is -4.37. The Labute approximate surface area is 288 Å². The maximum Gasteiger partial charge on any atom is 0.329 e. The number of halogens is 2. The monoisotopic (exact) mass is 726 g/mol. The van der Waals surface area contributed by atoms with E-state index in [0.717, 1.165) is 6.07 Å². The highest BCUT2D eigenvalue weighted by molar-refractivity contribution is 7.92. The van der Waals surface area contributed by atoms with E-state index in [2.05, 4.69) is 10.6 Å². The van der Waals surface area contributed by atoms with Crippen LogP contribution in [0.2, 0.25) is 0 Å². The molecule has 4 heterocycles. The summed E-state index contributed by atoms with van der Waals surface area (Å²) in [6, 6.07) is 6.90. The number of imidazole rings is 1. The normalized spacial score (nSPS) is 21.0. The number of rotatable bonds is 6. The zero-order chi connectivity index (χ0) is 36.5. The van der Waals surface area contributed by atoms with Gasteiger partial charge in [0.05, 0.1) is 23.3 Å². The number of benzene rings is 3. The Morgan fingerprint density at radius 1 is 1.04 bits per heavy atom. The van der Waals surface area contributed by atoms with Gasteiger partial charge in [-0.2, -0.15) is 8.42 Å². The van der Waals surface area contributed by atoms with E-state index in [0.29, 0.717) is 35.1 Å². The molecule has 3 fully saturated rings. The molecule has 268 valence electrons. The van der Waals surface area contributed by atoms with E-state index < -0.39 is 69.3 Å².